The molecule has 0 N–H and O–H groups in total. The Kier molecular flexibility index (Phi) is 3.78. The van der Waals surface area contributed by atoms with Crippen molar-refractivity contribution in [2.45, 2.75) is 23.8 Å². The third-order valence-corrected chi connectivity index (χ3v) is 5.74. The smallest absolute Gasteiger partial charge is 0.207 e. The Hall–Kier alpha value is -1.72. The van der Waals surface area contributed by atoms with E-state index >= 15 is 0 Å². The van der Waals surface area contributed by atoms with E-state index in [4.69, 9.17) is 0 Å². The van der Waals surface area contributed by atoms with Crippen LogP contribution in [0.3, 0.4) is 0 Å². The summed E-state index contributed by atoms with van der Waals surface area (Å²) in [4.78, 5) is 0.258. The predicted octanol–water partition coefficient (Wildman–Crippen LogP) is 3.35. The number of hydrogen-bond donors (Lipinski definition) is 0. The lowest BCUT2D eigenvalue weighted by atomic mass is 10.1. The summed E-state index contributed by atoms with van der Waals surface area (Å²) < 4.78 is 40.9. The molecule has 0 aliphatic carbocycles. The highest BCUT2D eigenvalue weighted by atomic mass is 32.2. The first kappa shape index (κ1) is 14.2. The molecular formula is C16H16FNO2S. The van der Waals surface area contributed by atoms with Gasteiger partial charge in [-0.3, -0.25) is 0 Å². The van der Waals surface area contributed by atoms with E-state index < -0.39 is 16.1 Å². The molecule has 5 heteroatoms. The molecule has 1 heterocycles. The van der Waals surface area contributed by atoms with Gasteiger partial charge in [0.05, 0.1) is 10.9 Å². The van der Waals surface area contributed by atoms with Crippen molar-refractivity contribution in [3.05, 3.63) is 66.0 Å². The largest absolute Gasteiger partial charge is 0.243 e. The summed E-state index contributed by atoms with van der Waals surface area (Å²) in [5.41, 5.74) is 0.453. The van der Waals surface area contributed by atoms with E-state index in [1.807, 2.05) is 0 Å². The van der Waals surface area contributed by atoms with E-state index in [-0.39, 0.29) is 10.7 Å². The van der Waals surface area contributed by atoms with Gasteiger partial charge in [-0.2, -0.15) is 4.31 Å². The Balaban J connectivity index is 2.00. The Morgan fingerprint density at radius 2 is 1.67 bits per heavy atom. The Morgan fingerprint density at radius 3 is 2.38 bits per heavy atom. The molecule has 21 heavy (non-hydrogen) atoms. The van der Waals surface area contributed by atoms with Crippen LogP contribution in [0.15, 0.2) is 59.5 Å². The summed E-state index contributed by atoms with van der Waals surface area (Å²) in [6.07, 6.45) is 1.39. The van der Waals surface area contributed by atoms with Crippen LogP contribution in [0.2, 0.25) is 0 Å². The summed E-state index contributed by atoms with van der Waals surface area (Å²) in [7, 11) is -3.59. The van der Waals surface area contributed by atoms with E-state index in [0.717, 1.165) is 6.42 Å². The zero-order valence-electron chi connectivity index (χ0n) is 11.4. The fourth-order valence-corrected chi connectivity index (χ4v) is 4.51. The number of halogens is 1. The highest BCUT2D eigenvalue weighted by Crippen LogP contribution is 2.37. The second-order valence-corrected chi connectivity index (χ2v) is 7.00. The van der Waals surface area contributed by atoms with Crippen LogP contribution in [0.4, 0.5) is 4.39 Å². The molecule has 110 valence electrons. The van der Waals surface area contributed by atoms with Gasteiger partial charge in [0.1, 0.15) is 5.82 Å². The van der Waals surface area contributed by atoms with Crippen molar-refractivity contribution in [1.82, 2.24) is 4.31 Å². The Labute approximate surface area is 124 Å². The third kappa shape index (κ3) is 2.59. The van der Waals surface area contributed by atoms with Crippen LogP contribution in [0.1, 0.15) is 24.4 Å². The van der Waals surface area contributed by atoms with Crippen molar-refractivity contribution in [1.29, 1.82) is 0 Å². The fourth-order valence-electron chi connectivity index (χ4n) is 2.81. The van der Waals surface area contributed by atoms with E-state index in [9.17, 15) is 12.8 Å². The first-order chi connectivity index (χ1) is 10.1. The van der Waals surface area contributed by atoms with Crippen LogP contribution < -0.4 is 0 Å². The van der Waals surface area contributed by atoms with Gasteiger partial charge in [0, 0.05) is 12.1 Å². The third-order valence-electron chi connectivity index (χ3n) is 3.82. The lowest BCUT2D eigenvalue weighted by Crippen LogP contribution is -2.31. The molecule has 1 aliphatic heterocycles. The van der Waals surface area contributed by atoms with Crippen molar-refractivity contribution in [2.24, 2.45) is 0 Å². The van der Waals surface area contributed by atoms with E-state index in [0.29, 0.717) is 18.5 Å². The van der Waals surface area contributed by atoms with Crippen LogP contribution in [0.5, 0.6) is 0 Å². The molecule has 0 spiro atoms. The molecule has 1 atom stereocenters. The number of sulfonamides is 1. The Morgan fingerprint density at radius 1 is 1.00 bits per heavy atom. The first-order valence-electron chi connectivity index (χ1n) is 6.92. The summed E-state index contributed by atoms with van der Waals surface area (Å²) in [6.45, 7) is 0.427. The maximum absolute atomic E-state index is 14.0. The highest BCUT2D eigenvalue weighted by Gasteiger charge is 2.37. The van der Waals surface area contributed by atoms with Crippen molar-refractivity contribution in [3.8, 4) is 0 Å². The van der Waals surface area contributed by atoms with Gasteiger partial charge in [-0.25, -0.2) is 12.8 Å². The fraction of sp³-hybridized carbons (Fsp3) is 0.250. The maximum atomic E-state index is 14.0. The lowest BCUT2D eigenvalue weighted by molar-refractivity contribution is 0.386. The van der Waals surface area contributed by atoms with E-state index in [2.05, 4.69) is 0 Å². The molecule has 3 nitrogen and oxygen atoms in total. The minimum atomic E-state index is -3.59. The van der Waals surface area contributed by atoms with Crippen molar-refractivity contribution < 1.29 is 12.8 Å². The molecular weight excluding hydrogens is 289 g/mol. The summed E-state index contributed by atoms with van der Waals surface area (Å²) in [5.74, 6) is -0.349. The molecule has 2 aromatic carbocycles. The zero-order chi connectivity index (χ0) is 14.9. The zero-order valence-corrected chi connectivity index (χ0v) is 12.3. The summed E-state index contributed by atoms with van der Waals surface area (Å²) in [5, 5.41) is 0. The molecule has 1 aliphatic rings. The molecule has 0 bridgehead atoms. The monoisotopic (exact) mass is 305 g/mol. The predicted molar refractivity (Wildman–Crippen MR) is 78.7 cm³/mol. The second-order valence-electron chi connectivity index (χ2n) is 5.11. The van der Waals surface area contributed by atoms with Gasteiger partial charge in [0.2, 0.25) is 10.0 Å². The molecule has 0 amide bonds. The number of nitrogens with zero attached hydrogens (tertiary/aromatic N) is 1. The quantitative estimate of drug-likeness (QED) is 0.872. The number of hydrogen-bond acceptors (Lipinski definition) is 2. The summed E-state index contributed by atoms with van der Waals surface area (Å²) in [6, 6.07) is 14.3. The Bertz CT molecular complexity index is 731. The molecule has 0 unspecified atom stereocenters. The molecule has 1 saturated heterocycles. The van der Waals surface area contributed by atoms with E-state index in [1.165, 1.54) is 10.4 Å². The molecule has 2 aromatic rings. The number of rotatable bonds is 3. The normalized spacial score (nSPS) is 19.8. The molecule has 3 rings (SSSR count). The minimum Gasteiger partial charge on any atom is -0.207 e. The minimum absolute atomic E-state index is 0.258. The van der Waals surface area contributed by atoms with Gasteiger partial charge in [0.25, 0.3) is 0 Å². The maximum Gasteiger partial charge on any atom is 0.243 e. The van der Waals surface area contributed by atoms with Crippen LogP contribution in [0.25, 0.3) is 0 Å². The summed E-state index contributed by atoms with van der Waals surface area (Å²) >= 11 is 0. The number of benzene rings is 2. The first-order valence-corrected chi connectivity index (χ1v) is 8.36. The van der Waals surface area contributed by atoms with Gasteiger partial charge in [0.15, 0.2) is 0 Å². The van der Waals surface area contributed by atoms with Crippen LogP contribution >= 0.6 is 0 Å². The van der Waals surface area contributed by atoms with Crippen molar-refractivity contribution in [3.63, 3.8) is 0 Å². The average Bonchev–Trinajstić information content (AvgIpc) is 2.99. The molecule has 1 fully saturated rings. The molecule has 0 radical (unpaired) electrons. The molecule has 0 saturated carbocycles. The van der Waals surface area contributed by atoms with Crippen LogP contribution in [0, 0.1) is 5.82 Å². The average molecular weight is 305 g/mol. The van der Waals surface area contributed by atoms with Gasteiger partial charge in [-0.05, 0) is 31.0 Å². The second kappa shape index (κ2) is 5.58. The van der Waals surface area contributed by atoms with Gasteiger partial charge in [-0.15, -0.1) is 0 Å². The van der Waals surface area contributed by atoms with Crippen molar-refractivity contribution >= 4 is 10.0 Å². The highest BCUT2D eigenvalue weighted by molar-refractivity contribution is 7.89. The van der Waals surface area contributed by atoms with Crippen molar-refractivity contribution in [2.75, 3.05) is 6.54 Å². The topological polar surface area (TPSA) is 37.4 Å². The van der Waals surface area contributed by atoms with Gasteiger partial charge >= 0.3 is 0 Å². The SMILES string of the molecule is O=S(=O)(c1ccccc1)N1CCC[C@@H]1c1ccccc1F. The van der Waals surface area contributed by atoms with Crippen LogP contribution in [-0.4, -0.2) is 19.3 Å². The van der Waals surface area contributed by atoms with Gasteiger partial charge < -0.3 is 0 Å². The lowest BCUT2D eigenvalue weighted by Gasteiger charge is -2.24. The van der Waals surface area contributed by atoms with Gasteiger partial charge in [-0.1, -0.05) is 36.4 Å². The van der Waals surface area contributed by atoms with Crippen LogP contribution in [-0.2, 0) is 10.0 Å². The standard InChI is InChI=1S/C16H16FNO2S/c17-15-10-5-4-9-14(15)16-11-6-12-18(16)21(19,20)13-7-2-1-3-8-13/h1-5,7-10,16H,6,11-12H2/t16-/m1/s1. The molecule has 0 aromatic heterocycles. The van der Waals surface area contributed by atoms with E-state index in [1.54, 1.807) is 48.5 Å².